The second-order valence-electron chi connectivity index (χ2n) is 22.9. The van der Waals surface area contributed by atoms with E-state index in [9.17, 15) is 9.18 Å². The summed E-state index contributed by atoms with van der Waals surface area (Å²) in [7, 11) is -1.78. The monoisotopic (exact) mass is 1480 g/mol. The molecule has 8 nitrogen and oxygen atoms in total. The first-order chi connectivity index (χ1) is 49.1. The fraction of sp³-hybridized carbons (Fsp3) is 0.0345. The van der Waals surface area contributed by atoms with Gasteiger partial charge in [-0.05, 0) is 120 Å². The molecule has 1 aliphatic heterocycles. The summed E-state index contributed by atoms with van der Waals surface area (Å²) in [6, 6.07) is 135. The predicted molar refractivity (Wildman–Crippen MR) is 424 cm³/mol. The van der Waals surface area contributed by atoms with Gasteiger partial charge in [-0.2, -0.15) is 5.26 Å². The second kappa shape index (κ2) is 37.7. The maximum absolute atomic E-state index is 14.4. The smallest absolute Gasteiger partial charge is 0.409 e. The summed E-state index contributed by atoms with van der Waals surface area (Å²) in [5.41, 5.74) is 5.48. The Morgan fingerprint density at radius 3 is 0.861 bits per heavy atom. The molecular formula is C87H73FN6O2P4Pd. The molecule has 0 saturated carbocycles. The molecule has 0 saturated heterocycles. The van der Waals surface area contributed by atoms with E-state index in [0.29, 0.717) is 5.82 Å². The minimum Gasteiger partial charge on any atom is -0.465 e. The number of carbonyl (C=O) groups is 1. The number of nitriles is 1. The number of aromatic nitrogens is 2. The molecule has 1 aromatic heterocycles. The van der Waals surface area contributed by atoms with Gasteiger partial charge in [0.25, 0.3) is 0 Å². The average Bonchev–Trinajstić information content (AvgIpc) is 1.71. The summed E-state index contributed by atoms with van der Waals surface area (Å²) in [4.78, 5) is 19.2. The summed E-state index contributed by atoms with van der Waals surface area (Å²) in [5.74, 6) is -0.113. The zero-order chi connectivity index (χ0) is 69.1. The number of anilines is 1. The number of carboxylic acid groups (broad SMARTS) is 1. The van der Waals surface area contributed by atoms with Gasteiger partial charge in [0.2, 0.25) is 0 Å². The van der Waals surface area contributed by atoms with E-state index in [1.807, 2.05) is 6.07 Å². The average molecular weight is 1480 g/mol. The van der Waals surface area contributed by atoms with Crippen LogP contribution in [0.1, 0.15) is 24.0 Å². The molecule has 0 radical (unpaired) electrons. The molecule has 101 heavy (non-hydrogen) atoms. The van der Waals surface area contributed by atoms with Crippen molar-refractivity contribution in [1.29, 1.82) is 5.26 Å². The number of nitrogens with two attached hydrogens (primary N) is 1. The van der Waals surface area contributed by atoms with E-state index in [1.165, 1.54) is 82.0 Å². The van der Waals surface area contributed by atoms with E-state index in [-0.39, 0.29) is 49.7 Å². The van der Waals surface area contributed by atoms with Crippen LogP contribution in [-0.2, 0) is 32.5 Å². The van der Waals surface area contributed by atoms with E-state index in [0.717, 1.165) is 6.07 Å². The molecule has 4 N–H and O–H groups in total. The molecule has 0 fully saturated rings. The fourth-order valence-corrected chi connectivity index (χ4v) is 20.7. The number of amides is 1. The van der Waals surface area contributed by atoms with Crippen molar-refractivity contribution in [1.82, 2.24) is 9.55 Å². The molecule has 14 heteroatoms. The number of amidine groups is 1. The molecule has 1 unspecified atom stereocenters. The minimum atomic E-state index is -1.26. The molecule has 2 heterocycles. The van der Waals surface area contributed by atoms with Gasteiger partial charge >= 0.3 is 6.09 Å². The summed E-state index contributed by atoms with van der Waals surface area (Å²) in [6.45, 7) is 1.81. The van der Waals surface area contributed by atoms with Crippen LogP contribution in [0.2, 0.25) is 0 Å². The van der Waals surface area contributed by atoms with Crippen LogP contribution >= 0.6 is 31.7 Å². The number of aliphatic imine (C=N–C) groups is 1. The van der Waals surface area contributed by atoms with Crippen LogP contribution in [0, 0.1) is 17.1 Å². The predicted octanol–water partition coefficient (Wildman–Crippen LogP) is 15.4. The van der Waals surface area contributed by atoms with Gasteiger partial charge in [-0.25, -0.2) is 14.2 Å². The summed E-state index contributed by atoms with van der Waals surface area (Å²) < 4.78 is 15.9. The number of nitrogens with one attached hydrogen (secondary N) is 1. The molecule has 0 bridgehead atoms. The van der Waals surface area contributed by atoms with Gasteiger partial charge in [0.05, 0.1) is 12.7 Å². The zero-order valence-electron chi connectivity index (χ0n) is 55.4. The molecule has 1 amide bonds. The summed E-state index contributed by atoms with van der Waals surface area (Å²) >= 11 is 0. The third-order valence-corrected chi connectivity index (χ3v) is 25.8. The molecule has 1 atom stereocenters. The van der Waals surface area contributed by atoms with Crippen molar-refractivity contribution in [2.24, 2.45) is 10.7 Å². The van der Waals surface area contributed by atoms with E-state index >= 15 is 0 Å². The number of hydrogen-bond acceptors (Lipinski definition) is 5. The standard InChI is InChI=1S/4C18H15P.C15H13FN6O2.Pd/c4*1-4-10-16(11-5-1)19(17-12-6-2-7-13-17)18-14-8-3-9-15-18;1-15(10-4-8(20-14(23)24)2-3-11(10)16)7-22-9(5-17)6-19-13(22)12(18)21-15;/h4*1-15H;2-4,6,20H,7H2,1H3,(H2,18,21)(H,23,24);. The molecule has 15 rings (SSSR count). The molecule has 0 aliphatic carbocycles. The fourth-order valence-electron chi connectivity index (χ4n) is 11.5. The number of nitrogens with zero attached hydrogens (tertiary/aromatic N) is 4. The largest absolute Gasteiger partial charge is 0.465 e. The number of imidazole rings is 1. The molecule has 0 spiro atoms. The maximum Gasteiger partial charge on any atom is 0.409 e. The van der Waals surface area contributed by atoms with Crippen LogP contribution in [0.25, 0.3) is 0 Å². The third-order valence-electron chi connectivity index (χ3n) is 16.0. The molecular weight excluding hydrogens is 1410 g/mol. The van der Waals surface area contributed by atoms with Crippen LogP contribution < -0.4 is 74.7 Å². The van der Waals surface area contributed by atoms with Gasteiger partial charge < -0.3 is 15.4 Å². The maximum atomic E-state index is 14.4. The number of benzene rings is 13. The Labute approximate surface area is 610 Å². The number of halogens is 1. The number of rotatable bonds is 14. The number of hydrogen-bond donors (Lipinski definition) is 3. The summed E-state index contributed by atoms with van der Waals surface area (Å²) in [5, 5.41) is 36.9. The van der Waals surface area contributed by atoms with E-state index in [4.69, 9.17) is 16.1 Å². The van der Waals surface area contributed by atoms with Crippen molar-refractivity contribution in [2.75, 3.05) is 5.32 Å². The van der Waals surface area contributed by atoms with Crippen LogP contribution in [0.4, 0.5) is 14.9 Å². The Morgan fingerprint density at radius 2 is 0.653 bits per heavy atom. The van der Waals surface area contributed by atoms with Gasteiger partial charge in [-0.3, -0.25) is 10.3 Å². The molecule has 1 aliphatic rings. The Morgan fingerprint density at radius 1 is 0.426 bits per heavy atom. The van der Waals surface area contributed by atoms with Gasteiger partial charge in [0.1, 0.15) is 23.1 Å². The SMILES string of the molecule is CC1(c2cc(NC(=O)O)ccc2F)Cn2c(C#N)cnc2C(N)=N1.[Pd].c1ccc(P(c2ccccc2)c2ccccc2)cc1.c1ccc(P(c2ccccc2)c2ccccc2)cc1.c1ccc(P(c2ccccc2)c2ccccc2)cc1.c1ccc(P(c2ccccc2)c2ccccc2)cc1. The van der Waals surface area contributed by atoms with Crippen LogP contribution in [-0.4, -0.2) is 26.6 Å². The molecule has 500 valence electrons. The van der Waals surface area contributed by atoms with Crippen molar-refractivity contribution < 1.29 is 34.7 Å². The van der Waals surface area contributed by atoms with E-state index in [1.54, 1.807) is 11.5 Å². The normalized spacial score (nSPS) is 12.5. The summed E-state index contributed by atoms with van der Waals surface area (Å²) in [6.07, 6.45) is 0.121. The van der Waals surface area contributed by atoms with E-state index < -0.39 is 49.1 Å². The molecule has 13 aromatic carbocycles. The van der Waals surface area contributed by atoms with Crippen molar-refractivity contribution in [2.45, 2.75) is 19.0 Å². The van der Waals surface area contributed by atoms with Crippen molar-refractivity contribution in [3.05, 3.63) is 411 Å². The third kappa shape index (κ3) is 20.0. The zero-order valence-corrected chi connectivity index (χ0v) is 60.5. The van der Waals surface area contributed by atoms with Gasteiger partial charge in [-0.1, -0.05) is 364 Å². The van der Waals surface area contributed by atoms with Crippen molar-refractivity contribution in [3.8, 4) is 6.07 Å². The Hall–Kier alpha value is -10.4. The number of fused-ring (bicyclic) bond motifs is 1. The van der Waals surface area contributed by atoms with Crippen LogP contribution in [0.3, 0.4) is 0 Å². The van der Waals surface area contributed by atoms with E-state index in [2.05, 4.69) is 379 Å². The quantitative estimate of drug-likeness (QED) is 0.0738. The van der Waals surface area contributed by atoms with Crippen molar-refractivity contribution >= 4 is 113 Å². The van der Waals surface area contributed by atoms with Gasteiger partial charge in [-0.15, -0.1) is 0 Å². The Bertz CT molecular complexity index is 4010. The first-order valence-electron chi connectivity index (χ1n) is 32.6. The second-order valence-corrected chi connectivity index (χ2v) is 31.8. The van der Waals surface area contributed by atoms with Crippen LogP contribution in [0.15, 0.2) is 393 Å². The van der Waals surface area contributed by atoms with Gasteiger partial charge in [0, 0.05) is 31.7 Å². The van der Waals surface area contributed by atoms with Gasteiger partial charge in [0.15, 0.2) is 11.7 Å². The Balaban J connectivity index is 0.000000136. The minimum absolute atomic E-state index is 0. The first-order valence-corrected chi connectivity index (χ1v) is 37.9. The van der Waals surface area contributed by atoms with Crippen LogP contribution in [0.5, 0.6) is 0 Å². The first kappa shape index (κ1) is 73.3. The Kier molecular flexibility index (Phi) is 27.4. The van der Waals surface area contributed by atoms with Crippen molar-refractivity contribution in [3.63, 3.8) is 0 Å². The topological polar surface area (TPSA) is 129 Å². The molecule has 14 aromatic rings.